The van der Waals surface area contributed by atoms with Gasteiger partial charge in [-0.1, -0.05) is 0 Å². The van der Waals surface area contributed by atoms with Crippen molar-refractivity contribution in [2.75, 3.05) is 18.9 Å². The summed E-state index contributed by atoms with van der Waals surface area (Å²) in [4.78, 5) is 13.4. The van der Waals surface area contributed by atoms with Gasteiger partial charge in [0.25, 0.3) is 5.91 Å². The first kappa shape index (κ1) is 20.9. The molecule has 2 atom stereocenters. The summed E-state index contributed by atoms with van der Waals surface area (Å²) in [5.41, 5.74) is 11.7. The molecule has 1 aliphatic heterocycles. The van der Waals surface area contributed by atoms with Gasteiger partial charge >= 0.3 is 0 Å². The van der Waals surface area contributed by atoms with Gasteiger partial charge in [0.05, 0.1) is 10.3 Å². The van der Waals surface area contributed by atoms with Crippen LogP contribution in [0.15, 0.2) is 22.6 Å². The SMILES string of the molecule is CC(C)(C)OC(O)N1CCCC1COc1ccc2c(c1)sc1c(N)c(C(N)=O)oc12. The molecule has 0 bridgehead atoms. The lowest BCUT2D eigenvalue weighted by atomic mass is 10.2. The van der Waals surface area contributed by atoms with E-state index in [0.717, 1.165) is 35.2 Å². The molecule has 3 heterocycles. The average Bonchev–Trinajstić information content (AvgIpc) is 3.33. The van der Waals surface area contributed by atoms with Gasteiger partial charge in [0.15, 0.2) is 5.58 Å². The summed E-state index contributed by atoms with van der Waals surface area (Å²) in [5, 5.41) is 11.3. The number of aliphatic hydroxyl groups is 1. The lowest BCUT2D eigenvalue weighted by Crippen LogP contribution is -2.46. The second-order valence-electron chi connectivity index (χ2n) is 8.53. The molecule has 1 fully saturated rings. The van der Waals surface area contributed by atoms with Crippen LogP contribution in [0.2, 0.25) is 0 Å². The van der Waals surface area contributed by atoms with Gasteiger partial charge in [0.1, 0.15) is 18.0 Å². The molecule has 0 spiro atoms. The van der Waals surface area contributed by atoms with Crippen molar-refractivity contribution in [3.8, 4) is 5.75 Å². The summed E-state index contributed by atoms with van der Waals surface area (Å²) in [6.45, 7) is 6.98. The quantitative estimate of drug-likeness (QED) is 0.510. The molecule has 4 rings (SSSR count). The van der Waals surface area contributed by atoms with Gasteiger partial charge in [-0.25, -0.2) is 4.90 Å². The molecule has 1 saturated heterocycles. The van der Waals surface area contributed by atoms with E-state index in [1.165, 1.54) is 11.3 Å². The van der Waals surface area contributed by atoms with Gasteiger partial charge in [0, 0.05) is 22.7 Å². The van der Waals surface area contributed by atoms with Crippen molar-refractivity contribution in [2.24, 2.45) is 5.73 Å². The average molecular weight is 434 g/mol. The molecule has 1 aliphatic rings. The summed E-state index contributed by atoms with van der Waals surface area (Å²) in [7, 11) is 0. The molecule has 1 amide bonds. The number of amides is 1. The molecular weight excluding hydrogens is 406 g/mol. The largest absolute Gasteiger partial charge is 0.492 e. The van der Waals surface area contributed by atoms with Crippen molar-refractivity contribution in [3.05, 3.63) is 24.0 Å². The number of carbonyl (C=O) groups is 1. The summed E-state index contributed by atoms with van der Waals surface area (Å²) in [6.07, 6.45) is 0.973. The Morgan fingerprint density at radius 3 is 2.90 bits per heavy atom. The first-order chi connectivity index (χ1) is 14.1. The molecule has 8 nitrogen and oxygen atoms in total. The Balaban J connectivity index is 1.49. The number of aliphatic hydroxyl groups excluding tert-OH is 1. The normalized spacial score (nSPS) is 19.0. The highest BCUT2D eigenvalue weighted by atomic mass is 32.1. The predicted octanol–water partition coefficient (Wildman–Crippen LogP) is 3.26. The van der Waals surface area contributed by atoms with Crippen LogP contribution in [-0.2, 0) is 4.74 Å². The Hall–Kier alpha value is -2.33. The standard InChI is InChI=1S/C21H27N3O5S/c1-21(2,3)29-20(26)24-8-4-5-11(24)10-27-12-6-7-13-14(9-12)30-18-15(22)17(19(23)25)28-16(13)18/h6-7,9,11,20,26H,4-5,8,10,22H2,1-3H3,(H2,23,25). The number of thiophene rings is 1. The number of hydrogen-bond acceptors (Lipinski definition) is 8. The highest BCUT2D eigenvalue weighted by Gasteiger charge is 2.33. The summed E-state index contributed by atoms with van der Waals surface area (Å²) in [6, 6.07) is 5.76. The molecule has 30 heavy (non-hydrogen) atoms. The van der Waals surface area contributed by atoms with Crippen LogP contribution in [-0.4, -0.2) is 47.1 Å². The van der Waals surface area contributed by atoms with E-state index in [0.29, 0.717) is 16.9 Å². The molecular formula is C21H27N3O5S. The van der Waals surface area contributed by atoms with E-state index in [-0.39, 0.29) is 17.5 Å². The first-order valence-corrected chi connectivity index (χ1v) is 10.7. The zero-order chi connectivity index (χ0) is 21.6. The number of carbonyl (C=O) groups excluding carboxylic acids is 1. The third-order valence-electron chi connectivity index (χ3n) is 5.14. The van der Waals surface area contributed by atoms with E-state index in [1.54, 1.807) is 0 Å². The predicted molar refractivity (Wildman–Crippen MR) is 117 cm³/mol. The van der Waals surface area contributed by atoms with Crippen LogP contribution >= 0.6 is 11.3 Å². The van der Waals surface area contributed by atoms with Crippen LogP contribution in [0.1, 0.15) is 44.2 Å². The molecule has 0 saturated carbocycles. The number of nitrogens with two attached hydrogens (primary N) is 2. The fraction of sp³-hybridized carbons (Fsp3) is 0.476. The van der Waals surface area contributed by atoms with Gasteiger partial charge in [-0.3, -0.25) is 4.79 Å². The lowest BCUT2D eigenvalue weighted by Gasteiger charge is -2.33. The number of hydrogen-bond donors (Lipinski definition) is 3. The second-order valence-corrected chi connectivity index (χ2v) is 9.58. The number of nitrogen functional groups attached to an aromatic ring is 1. The monoisotopic (exact) mass is 433 g/mol. The Labute approximate surface area is 178 Å². The van der Waals surface area contributed by atoms with Gasteiger partial charge in [-0.05, 0) is 51.8 Å². The van der Waals surface area contributed by atoms with Gasteiger partial charge < -0.3 is 30.5 Å². The maximum absolute atomic E-state index is 11.4. The maximum Gasteiger partial charge on any atom is 0.286 e. The summed E-state index contributed by atoms with van der Waals surface area (Å²) in [5.74, 6) is 0.0387. The molecule has 5 N–H and O–H groups in total. The van der Waals surface area contributed by atoms with Crippen LogP contribution in [0, 0.1) is 0 Å². The van der Waals surface area contributed by atoms with E-state index in [1.807, 2.05) is 43.9 Å². The van der Waals surface area contributed by atoms with Crippen molar-refractivity contribution < 1.29 is 23.8 Å². The number of ether oxygens (including phenoxy) is 2. The first-order valence-electron chi connectivity index (χ1n) is 9.93. The van der Waals surface area contributed by atoms with Crippen molar-refractivity contribution in [2.45, 2.75) is 51.7 Å². The second kappa shape index (κ2) is 7.73. The molecule has 9 heteroatoms. The minimum atomic E-state index is -0.949. The Bertz CT molecular complexity index is 1080. The maximum atomic E-state index is 11.4. The van der Waals surface area contributed by atoms with Crippen molar-refractivity contribution >= 4 is 43.3 Å². The van der Waals surface area contributed by atoms with Crippen LogP contribution in [0.5, 0.6) is 5.75 Å². The van der Waals surface area contributed by atoms with E-state index in [2.05, 4.69) is 0 Å². The molecule has 2 unspecified atom stereocenters. The minimum Gasteiger partial charge on any atom is -0.492 e. The van der Waals surface area contributed by atoms with Gasteiger partial charge in [-0.2, -0.15) is 0 Å². The van der Waals surface area contributed by atoms with Gasteiger partial charge in [0.2, 0.25) is 12.2 Å². The topological polar surface area (TPSA) is 124 Å². The number of anilines is 1. The number of primary amides is 1. The van der Waals surface area contributed by atoms with Gasteiger partial charge in [-0.15, -0.1) is 11.3 Å². The summed E-state index contributed by atoms with van der Waals surface area (Å²) < 4.78 is 19.0. The number of nitrogens with zero attached hydrogens (tertiary/aromatic N) is 1. The van der Waals surface area contributed by atoms with E-state index in [9.17, 15) is 9.90 Å². The fourth-order valence-corrected chi connectivity index (χ4v) is 4.88. The Morgan fingerprint density at radius 2 is 2.20 bits per heavy atom. The zero-order valence-corrected chi connectivity index (χ0v) is 18.1. The van der Waals surface area contributed by atoms with Crippen LogP contribution in [0.3, 0.4) is 0 Å². The molecule has 162 valence electrons. The third kappa shape index (κ3) is 3.98. The van der Waals surface area contributed by atoms with Crippen molar-refractivity contribution in [1.29, 1.82) is 0 Å². The Morgan fingerprint density at radius 1 is 1.43 bits per heavy atom. The zero-order valence-electron chi connectivity index (χ0n) is 17.3. The van der Waals surface area contributed by atoms with Crippen molar-refractivity contribution in [1.82, 2.24) is 4.90 Å². The fourth-order valence-electron chi connectivity index (χ4n) is 3.77. The van der Waals surface area contributed by atoms with E-state index < -0.39 is 17.9 Å². The lowest BCUT2D eigenvalue weighted by molar-refractivity contribution is -0.243. The number of benzene rings is 1. The van der Waals surface area contributed by atoms with Crippen LogP contribution < -0.4 is 16.2 Å². The number of likely N-dealkylation sites (tertiary alicyclic amines) is 1. The number of furan rings is 1. The van der Waals surface area contributed by atoms with Crippen molar-refractivity contribution in [3.63, 3.8) is 0 Å². The smallest absolute Gasteiger partial charge is 0.286 e. The molecule has 0 radical (unpaired) electrons. The molecule has 2 aromatic heterocycles. The van der Waals surface area contributed by atoms with E-state index in [4.69, 9.17) is 25.4 Å². The Kier molecular flexibility index (Phi) is 5.39. The minimum absolute atomic E-state index is 0.00386. The van der Waals surface area contributed by atoms with E-state index >= 15 is 0 Å². The number of rotatable bonds is 6. The third-order valence-corrected chi connectivity index (χ3v) is 6.31. The number of fused-ring (bicyclic) bond motifs is 3. The van der Waals surface area contributed by atoms with Crippen LogP contribution in [0.4, 0.5) is 5.69 Å². The highest BCUT2D eigenvalue weighted by Crippen LogP contribution is 2.42. The highest BCUT2D eigenvalue weighted by molar-refractivity contribution is 7.26. The van der Waals surface area contributed by atoms with Crippen LogP contribution in [0.25, 0.3) is 20.4 Å². The summed E-state index contributed by atoms with van der Waals surface area (Å²) >= 11 is 1.43. The molecule has 3 aromatic rings. The molecule has 0 aliphatic carbocycles. The molecule has 1 aromatic carbocycles.